The molecule has 0 atom stereocenters. The first kappa shape index (κ1) is 29.1. The van der Waals surface area contributed by atoms with Gasteiger partial charge >= 0.3 is 0 Å². The number of benzene rings is 4. The van der Waals surface area contributed by atoms with E-state index in [9.17, 15) is 4.79 Å². The van der Waals surface area contributed by atoms with E-state index in [-0.39, 0.29) is 11.4 Å². The Balaban J connectivity index is 1.58. The number of ether oxygens (including phenoxy) is 4. The topological polar surface area (TPSA) is 108 Å². The largest absolute Gasteiger partial charge is 0.497 e. The van der Waals surface area contributed by atoms with Crippen LogP contribution in [-0.2, 0) is 0 Å². The molecule has 2 aromatic heterocycles. The number of fused-ring (bicyclic) bond motifs is 1. The summed E-state index contributed by atoms with van der Waals surface area (Å²) in [5.41, 5.74) is 4.86. The maximum Gasteiger partial charge on any atom is 0.263 e. The molecule has 0 spiro atoms. The predicted octanol–water partition coefficient (Wildman–Crippen LogP) is 7.09. The molecule has 10 nitrogen and oxygen atoms in total. The van der Waals surface area contributed by atoms with E-state index in [2.05, 4.69) is 10.6 Å². The first-order valence-corrected chi connectivity index (χ1v) is 14.1. The van der Waals surface area contributed by atoms with E-state index in [4.69, 9.17) is 29.0 Å². The highest BCUT2D eigenvalue weighted by molar-refractivity contribution is 6.13. The number of methoxy groups -OCH3 is 4. The fourth-order valence-corrected chi connectivity index (χ4v) is 5.00. The number of rotatable bonds is 10. The Morgan fingerprint density at radius 2 is 1.24 bits per heavy atom. The molecule has 6 aromatic rings. The Morgan fingerprint density at radius 3 is 1.84 bits per heavy atom. The van der Waals surface area contributed by atoms with E-state index in [1.54, 1.807) is 62.2 Å². The molecule has 0 unspecified atom stereocenters. The molecule has 0 aliphatic heterocycles. The highest BCUT2D eigenvalue weighted by Gasteiger charge is 2.26. The summed E-state index contributed by atoms with van der Waals surface area (Å²) >= 11 is 0. The molecule has 226 valence electrons. The molecule has 10 heteroatoms. The molecule has 0 saturated carbocycles. The Bertz CT molecular complexity index is 1980. The van der Waals surface area contributed by atoms with Gasteiger partial charge in [0.05, 0.1) is 51.2 Å². The maximum absolute atomic E-state index is 14.3. The van der Waals surface area contributed by atoms with Crippen LogP contribution in [0.15, 0.2) is 103 Å². The smallest absolute Gasteiger partial charge is 0.263 e. The molecule has 0 aliphatic carbocycles. The average molecular weight is 602 g/mol. The number of nitrogens with zero attached hydrogens (tertiary/aromatic N) is 3. The van der Waals surface area contributed by atoms with Crippen molar-refractivity contribution in [1.29, 1.82) is 0 Å². The van der Waals surface area contributed by atoms with Gasteiger partial charge in [0.15, 0.2) is 11.5 Å². The second-order valence-corrected chi connectivity index (χ2v) is 9.93. The molecule has 0 fully saturated rings. The Morgan fingerprint density at radius 1 is 0.667 bits per heavy atom. The van der Waals surface area contributed by atoms with E-state index < -0.39 is 5.91 Å². The van der Waals surface area contributed by atoms with Gasteiger partial charge in [-0.25, -0.2) is 9.50 Å². The minimum Gasteiger partial charge on any atom is -0.497 e. The van der Waals surface area contributed by atoms with Crippen molar-refractivity contribution in [3.63, 3.8) is 0 Å². The van der Waals surface area contributed by atoms with Crippen molar-refractivity contribution < 1.29 is 23.7 Å². The minimum absolute atomic E-state index is 0.223. The van der Waals surface area contributed by atoms with E-state index >= 15 is 0 Å². The normalized spacial score (nSPS) is 10.8. The van der Waals surface area contributed by atoms with Crippen molar-refractivity contribution in [1.82, 2.24) is 14.6 Å². The van der Waals surface area contributed by atoms with Crippen LogP contribution in [0.25, 0.3) is 28.2 Å². The molecule has 6 rings (SSSR count). The fourth-order valence-electron chi connectivity index (χ4n) is 5.00. The lowest BCUT2D eigenvalue weighted by atomic mass is 10.1. The summed E-state index contributed by atoms with van der Waals surface area (Å²) in [6, 6.07) is 32.1. The van der Waals surface area contributed by atoms with Crippen LogP contribution in [0.3, 0.4) is 0 Å². The Hall–Kier alpha value is -6.03. The summed E-state index contributed by atoms with van der Waals surface area (Å²) in [4.78, 5) is 19.3. The van der Waals surface area contributed by atoms with E-state index in [0.29, 0.717) is 45.7 Å². The van der Waals surface area contributed by atoms with Crippen LogP contribution in [0, 0.1) is 0 Å². The molecule has 2 heterocycles. The number of hydrogen-bond donors (Lipinski definition) is 2. The SMILES string of the molecule is COc1ccc(NC(=O)c2c(Nc3ccc(OC)cc3OC)nn3c(-c4ccccc4)cc(-c4ccccc4)nc23)c(OC)c1. The number of hydrogen-bond acceptors (Lipinski definition) is 8. The number of amides is 1. The van der Waals surface area contributed by atoms with Crippen LogP contribution in [0.1, 0.15) is 10.4 Å². The van der Waals surface area contributed by atoms with Crippen molar-refractivity contribution in [3.8, 4) is 45.5 Å². The molecule has 1 amide bonds. The zero-order valence-corrected chi connectivity index (χ0v) is 25.2. The van der Waals surface area contributed by atoms with Gasteiger partial charge < -0.3 is 29.6 Å². The second-order valence-electron chi connectivity index (χ2n) is 9.93. The van der Waals surface area contributed by atoms with E-state index in [1.807, 2.05) is 66.7 Å². The Kier molecular flexibility index (Phi) is 8.19. The van der Waals surface area contributed by atoms with Crippen molar-refractivity contribution in [2.45, 2.75) is 0 Å². The molecule has 0 radical (unpaired) electrons. The number of anilines is 3. The van der Waals surface area contributed by atoms with Crippen molar-refractivity contribution in [3.05, 3.63) is 109 Å². The molecule has 0 saturated heterocycles. The van der Waals surface area contributed by atoms with Crippen LogP contribution < -0.4 is 29.6 Å². The minimum atomic E-state index is -0.444. The van der Waals surface area contributed by atoms with Crippen LogP contribution in [0.5, 0.6) is 23.0 Å². The van der Waals surface area contributed by atoms with Gasteiger partial charge in [0.2, 0.25) is 0 Å². The fraction of sp³-hybridized carbons (Fsp3) is 0.114. The lowest BCUT2D eigenvalue weighted by Gasteiger charge is -2.13. The zero-order valence-electron chi connectivity index (χ0n) is 25.2. The van der Waals surface area contributed by atoms with Gasteiger partial charge in [0, 0.05) is 23.3 Å². The first-order valence-electron chi connectivity index (χ1n) is 14.1. The summed E-state index contributed by atoms with van der Waals surface area (Å²) in [6.07, 6.45) is 0. The van der Waals surface area contributed by atoms with Gasteiger partial charge in [-0.05, 0) is 30.3 Å². The van der Waals surface area contributed by atoms with Crippen molar-refractivity contribution >= 4 is 28.7 Å². The molecular weight excluding hydrogens is 570 g/mol. The summed E-state index contributed by atoms with van der Waals surface area (Å²) in [5, 5.41) is 11.2. The number of carbonyl (C=O) groups is 1. The van der Waals surface area contributed by atoms with E-state index in [0.717, 1.165) is 16.8 Å². The van der Waals surface area contributed by atoms with Crippen molar-refractivity contribution in [2.24, 2.45) is 0 Å². The first-order chi connectivity index (χ1) is 22.0. The lowest BCUT2D eigenvalue weighted by molar-refractivity contribution is 0.102. The van der Waals surface area contributed by atoms with Gasteiger partial charge in [-0.3, -0.25) is 4.79 Å². The third-order valence-corrected chi connectivity index (χ3v) is 7.27. The monoisotopic (exact) mass is 601 g/mol. The van der Waals surface area contributed by atoms with Crippen molar-refractivity contribution in [2.75, 3.05) is 39.1 Å². The highest BCUT2D eigenvalue weighted by atomic mass is 16.5. The third kappa shape index (κ3) is 5.81. The highest BCUT2D eigenvalue weighted by Crippen LogP contribution is 2.36. The van der Waals surface area contributed by atoms with Crippen LogP contribution in [0.4, 0.5) is 17.2 Å². The summed E-state index contributed by atoms with van der Waals surface area (Å²) < 4.78 is 23.6. The van der Waals surface area contributed by atoms with Gasteiger partial charge in [0.25, 0.3) is 5.91 Å². The standard InChI is InChI=1S/C35H31N5O5/c1-42-24-15-17-26(30(19-24)44-3)36-33-32(35(41)38-27-18-16-25(43-2)20-31(27)45-4)34-37-28(22-11-7-5-8-12-22)21-29(40(34)39-33)23-13-9-6-10-14-23/h5-21H,1-4H3,(H,36,39)(H,38,41). The molecule has 4 aromatic carbocycles. The quantitative estimate of drug-likeness (QED) is 0.171. The molecule has 45 heavy (non-hydrogen) atoms. The van der Waals surface area contributed by atoms with Gasteiger partial charge in [-0.15, -0.1) is 5.10 Å². The summed E-state index contributed by atoms with van der Waals surface area (Å²) in [6.45, 7) is 0. The molecule has 2 N–H and O–H groups in total. The van der Waals surface area contributed by atoms with Gasteiger partial charge in [-0.1, -0.05) is 60.7 Å². The second kappa shape index (κ2) is 12.7. The molecular formula is C35H31N5O5. The average Bonchev–Trinajstić information content (AvgIpc) is 3.46. The van der Waals surface area contributed by atoms with Gasteiger partial charge in [-0.2, -0.15) is 0 Å². The van der Waals surface area contributed by atoms with Crippen LogP contribution >= 0.6 is 0 Å². The van der Waals surface area contributed by atoms with Gasteiger partial charge in [0.1, 0.15) is 28.6 Å². The maximum atomic E-state index is 14.3. The summed E-state index contributed by atoms with van der Waals surface area (Å²) in [5.74, 6) is 2.00. The Labute approximate surface area is 260 Å². The predicted molar refractivity (Wildman–Crippen MR) is 174 cm³/mol. The molecule has 0 bridgehead atoms. The van der Waals surface area contributed by atoms with E-state index in [1.165, 1.54) is 7.11 Å². The third-order valence-electron chi connectivity index (χ3n) is 7.27. The number of carbonyl (C=O) groups excluding carboxylic acids is 1. The number of nitrogens with one attached hydrogen (secondary N) is 2. The zero-order chi connectivity index (χ0) is 31.3. The molecule has 0 aliphatic rings. The summed E-state index contributed by atoms with van der Waals surface area (Å²) in [7, 11) is 6.25. The lowest BCUT2D eigenvalue weighted by Crippen LogP contribution is -2.15. The van der Waals surface area contributed by atoms with Crippen LogP contribution in [-0.4, -0.2) is 48.9 Å². The number of aromatic nitrogens is 3. The van der Waals surface area contributed by atoms with Crippen LogP contribution in [0.2, 0.25) is 0 Å².